The second-order valence-electron chi connectivity index (χ2n) is 11.8. The van der Waals surface area contributed by atoms with Crippen LogP contribution in [0.3, 0.4) is 0 Å². The highest BCUT2D eigenvalue weighted by Crippen LogP contribution is 2.47. The third-order valence-corrected chi connectivity index (χ3v) is 8.62. The largest absolute Gasteiger partial charge is 0.455 e. The number of fused-ring (bicyclic) bond motifs is 6. The van der Waals surface area contributed by atoms with Crippen molar-refractivity contribution in [1.82, 2.24) is 4.57 Å². The molecule has 57 heavy (non-hydrogen) atoms. The van der Waals surface area contributed by atoms with Gasteiger partial charge in [0.1, 0.15) is 11.2 Å². The van der Waals surface area contributed by atoms with Gasteiger partial charge in [0.15, 0.2) is 0 Å². The second-order valence-corrected chi connectivity index (χ2v) is 11.8. The Kier molecular flexibility index (Phi) is 3.03. The van der Waals surface area contributed by atoms with E-state index in [4.69, 9.17) is 33.2 Å². The van der Waals surface area contributed by atoms with E-state index >= 15 is 0 Å². The lowest BCUT2D eigenvalue weighted by atomic mass is 9.98. The number of para-hydroxylation sites is 3. The van der Waals surface area contributed by atoms with Crippen molar-refractivity contribution in [2.75, 3.05) is 4.90 Å². The van der Waals surface area contributed by atoms with Crippen LogP contribution in [0.25, 0.3) is 82.8 Å². The molecule has 0 amide bonds. The molecule has 268 valence electrons. The van der Waals surface area contributed by atoms with Crippen LogP contribution in [0.5, 0.6) is 0 Å². The summed E-state index contributed by atoms with van der Waals surface area (Å²) in [7, 11) is 0. The average Bonchev–Trinajstić information content (AvgIpc) is 1.66. The summed E-state index contributed by atoms with van der Waals surface area (Å²) in [5.74, 6) is 0. The SMILES string of the molecule is [2H]c1c([2H])c([2H])c(-c2c([2H])c([2H])c(N(c3c([2H])c([2H])c(-c4c([2H])c([2H])c([2H])c([2H])c4[2H])c([2H])c3[2H])c3c([2H])c([2H])c(-c4c([2H])c([2H])c([2H])c(-n5c6c([2H])c([2H])c([2H])c([2H])c6c6c([2H])c([2H])c([2H])c([2H])c65)c4[2H])c4oc5c([2H])c([2H])c([2H])c([2H])c5c34)c([2H])c2[2H])c([2H])c1[2H]. The van der Waals surface area contributed by atoms with Gasteiger partial charge in [-0.2, -0.15) is 0 Å². The van der Waals surface area contributed by atoms with Gasteiger partial charge in [-0.15, -0.1) is 0 Å². The Labute approximate surface area is 381 Å². The molecule has 2 heterocycles. The number of anilines is 3. The van der Waals surface area contributed by atoms with E-state index < -0.39 is 317 Å². The lowest BCUT2D eigenvalue weighted by molar-refractivity contribution is 0.670. The molecule has 0 unspecified atom stereocenters. The van der Waals surface area contributed by atoms with Crippen LogP contribution in [0.4, 0.5) is 17.1 Å². The third-order valence-electron chi connectivity index (χ3n) is 8.62. The van der Waals surface area contributed by atoms with E-state index in [9.17, 15) is 20.6 Å². The zero-order chi connectivity index (χ0) is 69.0. The Morgan fingerprint density at radius 1 is 0.404 bits per heavy atom. The van der Waals surface area contributed by atoms with Gasteiger partial charge >= 0.3 is 0 Å². The number of rotatable bonds is 7. The zero-order valence-electron chi connectivity index (χ0n) is 64.3. The molecule has 0 atom stereocenters. The Morgan fingerprint density at radius 3 is 1.49 bits per heavy atom. The van der Waals surface area contributed by atoms with E-state index in [0.29, 0.717) is 9.47 Å². The highest BCUT2D eigenvalue weighted by molar-refractivity contribution is 6.17. The molecule has 0 aliphatic rings. The highest BCUT2D eigenvalue weighted by atomic mass is 16.3. The molecule has 9 aromatic carbocycles. The Balaban J connectivity index is 1.39. The van der Waals surface area contributed by atoms with Crippen molar-refractivity contribution in [2.45, 2.75) is 0 Å². The maximum atomic E-state index is 10.2. The molecule has 3 nitrogen and oxygen atoms in total. The van der Waals surface area contributed by atoms with Crippen LogP contribution in [0, 0.1) is 0 Å². The molecule has 3 heteroatoms. The molecule has 0 aliphatic heterocycles. The van der Waals surface area contributed by atoms with Crippen LogP contribution in [-0.4, -0.2) is 4.57 Å². The first-order valence-corrected chi connectivity index (χ1v) is 16.5. The number of hydrogen-bond acceptors (Lipinski definition) is 2. The quantitative estimate of drug-likeness (QED) is 0.161. The molecular formula is C54H36N2O. The summed E-state index contributed by atoms with van der Waals surface area (Å²) in [4.78, 5) is 0.303. The van der Waals surface area contributed by atoms with Gasteiger partial charge in [-0.1, -0.05) is 151 Å². The van der Waals surface area contributed by atoms with Gasteiger partial charge in [0, 0.05) is 38.8 Å². The minimum atomic E-state index is -1.40. The molecule has 2 aromatic heterocycles. The Morgan fingerprint density at radius 2 is 0.895 bits per heavy atom. The molecule has 0 bridgehead atoms. The first kappa shape index (κ1) is 12.7. The Hall–Kier alpha value is -7.62. The van der Waals surface area contributed by atoms with Crippen molar-refractivity contribution < 1.29 is 53.8 Å². The van der Waals surface area contributed by atoms with Crippen molar-refractivity contribution in [1.29, 1.82) is 0 Å². The molecule has 0 aliphatic carbocycles. The van der Waals surface area contributed by atoms with Gasteiger partial charge in [0.2, 0.25) is 0 Å². The molecular weight excluding hydrogens is 693 g/mol. The number of benzene rings is 9. The lowest BCUT2D eigenvalue weighted by Gasteiger charge is -2.27. The van der Waals surface area contributed by atoms with Gasteiger partial charge in [-0.3, -0.25) is 0 Å². The minimum Gasteiger partial charge on any atom is -0.455 e. The standard InChI is InChI=1S/C54H36N2O/c1-3-14-37(15-4-1)39-26-30-42(31-27-39)55(43-32-28-40(29-33-43)38-16-5-2-6-17-38)51-35-34-45(54-53(51)48-22-9-12-25-52(48)57-54)41-18-13-19-44(36-41)56-49-23-10-7-20-46(49)47-21-8-11-24-50(47)56/h1-36H/i1D,2D,3D,4D,5D,6D,7D,8D,9D,10D,11D,12D,13D,14D,15D,16D,17D,18D,19D,20D,21D,22D,23D,24D,25D,26D,27D,28D,29D,30D,31D,32D,33D,34D,35D,36D. The van der Waals surface area contributed by atoms with Crippen molar-refractivity contribution in [3.63, 3.8) is 0 Å². The van der Waals surface area contributed by atoms with Crippen LogP contribution in [0.2, 0.25) is 0 Å². The van der Waals surface area contributed by atoms with Crippen molar-refractivity contribution in [3.8, 4) is 39.1 Å². The molecule has 11 aromatic rings. The maximum absolute atomic E-state index is 10.2. The summed E-state index contributed by atoms with van der Waals surface area (Å²) in [5, 5.41) is -2.94. The number of nitrogens with zero attached hydrogens (tertiary/aromatic N) is 2. The van der Waals surface area contributed by atoms with E-state index in [0.717, 1.165) is 0 Å². The lowest BCUT2D eigenvalue weighted by Crippen LogP contribution is -2.10. The van der Waals surface area contributed by atoms with E-state index in [1.165, 1.54) is 0 Å². The second kappa shape index (κ2) is 13.6. The summed E-state index contributed by atoms with van der Waals surface area (Å²) in [6, 6.07) is -39.6. The normalized spacial score (nSPS) is 20.4. The fourth-order valence-electron chi connectivity index (χ4n) is 6.19. The van der Waals surface area contributed by atoms with Crippen molar-refractivity contribution in [3.05, 3.63) is 218 Å². The van der Waals surface area contributed by atoms with E-state index in [2.05, 4.69) is 0 Å². The van der Waals surface area contributed by atoms with Gasteiger partial charge < -0.3 is 13.9 Å². The number of aromatic nitrogens is 1. The van der Waals surface area contributed by atoms with Gasteiger partial charge in [0.25, 0.3) is 0 Å². The maximum Gasteiger partial charge on any atom is 0.145 e. The van der Waals surface area contributed by atoms with Gasteiger partial charge in [-0.05, 0) is 94.3 Å². The van der Waals surface area contributed by atoms with Crippen LogP contribution in [0.1, 0.15) is 49.3 Å². The zero-order valence-corrected chi connectivity index (χ0v) is 28.3. The summed E-state index contributed by atoms with van der Waals surface area (Å²) in [6.07, 6.45) is 0. The number of hydrogen-bond donors (Lipinski definition) is 0. The van der Waals surface area contributed by atoms with Crippen LogP contribution in [0.15, 0.2) is 222 Å². The predicted octanol–water partition coefficient (Wildman–Crippen LogP) is 15.2. The van der Waals surface area contributed by atoms with Crippen molar-refractivity contribution >= 4 is 60.8 Å². The minimum absolute atomic E-state index is 0.303. The highest BCUT2D eigenvalue weighted by Gasteiger charge is 2.23. The Bertz CT molecular complexity index is 5030. The van der Waals surface area contributed by atoms with Crippen LogP contribution < -0.4 is 4.90 Å². The molecule has 0 saturated carbocycles. The molecule has 0 saturated heterocycles. The van der Waals surface area contributed by atoms with E-state index in [1.807, 2.05) is 0 Å². The molecule has 11 rings (SSSR count). The summed E-state index contributed by atoms with van der Waals surface area (Å²) in [5.41, 5.74) is -13.8. The van der Waals surface area contributed by atoms with Crippen LogP contribution in [-0.2, 0) is 0 Å². The molecule has 0 radical (unpaired) electrons. The fourth-order valence-corrected chi connectivity index (χ4v) is 6.19. The first-order chi connectivity index (χ1) is 43.3. The van der Waals surface area contributed by atoms with E-state index in [1.54, 1.807) is 0 Å². The summed E-state index contributed by atoms with van der Waals surface area (Å²) < 4.78 is 334. The molecule has 0 N–H and O–H groups in total. The fraction of sp³-hybridized carbons (Fsp3) is 0. The average molecular weight is 765 g/mol. The van der Waals surface area contributed by atoms with E-state index in [-0.39, 0.29) is 0 Å². The third kappa shape index (κ3) is 5.60. The monoisotopic (exact) mass is 765 g/mol. The van der Waals surface area contributed by atoms with Gasteiger partial charge in [0.05, 0.1) is 71.5 Å². The predicted molar refractivity (Wildman–Crippen MR) is 239 cm³/mol. The smallest absolute Gasteiger partial charge is 0.145 e. The summed E-state index contributed by atoms with van der Waals surface area (Å²) >= 11 is 0. The molecule has 0 spiro atoms. The topological polar surface area (TPSA) is 21.3 Å². The molecule has 0 fully saturated rings. The number of furan rings is 1. The van der Waals surface area contributed by atoms with Crippen molar-refractivity contribution in [2.24, 2.45) is 0 Å². The van der Waals surface area contributed by atoms with Crippen LogP contribution >= 0.6 is 0 Å². The summed E-state index contributed by atoms with van der Waals surface area (Å²) in [6.45, 7) is 0. The first-order valence-electron chi connectivity index (χ1n) is 34.5. The van der Waals surface area contributed by atoms with Gasteiger partial charge in [-0.25, -0.2) is 0 Å².